The van der Waals surface area contributed by atoms with Gasteiger partial charge in [0.2, 0.25) is 47.3 Å². The van der Waals surface area contributed by atoms with Crippen molar-refractivity contribution in [2.24, 2.45) is 23.7 Å². The lowest BCUT2D eigenvalue weighted by molar-refractivity contribution is -0.141. The number of methoxy groups -OCH3 is 1. The van der Waals surface area contributed by atoms with E-state index < -0.39 is 96.4 Å². The van der Waals surface area contributed by atoms with Crippen molar-refractivity contribution in [3.05, 3.63) is 0 Å². The molecule has 0 aromatic heterocycles. The van der Waals surface area contributed by atoms with E-state index in [1.54, 1.807) is 55.4 Å². The number of hydrogen-bond donors (Lipinski definition) is 8. The molecule has 0 aliphatic heterocycles. The Kier molecular flexibility index (Phi) is 20.6. The third kappa shape index (κ3) is 17.1. The van der Waals surface area contributed by atoms with Gasteiger partial charge in [-0.15, -0.1) is 0 Å². The molecule has 18 heteroatoms. The SMILES string of the molecule is CC[C@H](C)[C@H](NC(=O)[C@@H](NC(=O)CNC(=O)[C@@H](NC(=O)CNC(C)=O)C(C)C)C(C)C)C(=O)NCC(=O)N[C@H](C(=O)NCC(=O)OC)C(C)C. The first-order valence-corrected chi connectivity index (χ1v) is 16.6. The monoisotopic (exact) mass is 712 g/mol. The van der Waals surface area contributed by atoms with Crippen molar-refractivity contribution in [2.75, 3.05) is 33.3 Å². The van der Waals surface area contributed by atoms with E-state index in [2.05, 4.69) is 47.3 Å². The van der Waals surface area contributed by atoms with Gasteiger partial charge in [-0.05, 0) is 23.7 Å². The number of amides is 8. The second kappa shape index (κ2) is 22.8. The summed E-state index contributed by atoms with van der Waals surface area (Å²) in [6.45, 7) is 13.2. The van der Waals surface area contributed by atoms with E-state index in [1.165, 1.54) is 14.0 Å². The fraction of sp³-hybridized carbons (Fsp3) is 0.719. The Balaban J connectivity index is 5.40. The van der Waals surface area contributed by atoms with Crippen molar-refractivity contribution in [3.63, 3.8) is 0 Å². The van der Waals surface area contributed by atoms with E-state index in [0.29, 0.717) is 6.42 Å². The molecule has 8 N–H and O–H groups in total. The van der Waals surface area contributed by atoms with Gasteiger partial charge < -0.3 is 47.3 Å². The van der Waals surface area contributed by atoms with E-state index in [0.717, 1.165) is 0 Å². The lowest BCUT2D eigenvalue weighted by atomic mass is 9.96. The van der Waals surface area contributed by atoms with Crippen LogP contribution in [0.4, 0.5) is 0 Å². The average molecular weight is 713 g/mol. The molecule has 0 aromatic rings. The van der Waals surface area contributed by atoms with Gasteiger partial charge in [0, 0.05) is 6.92 Å². The third-order valence-corrected chi connectivity index (χ3v) is 7.57. The Morgan fingerprint density at radius 1 is 0.480 bits per heavy atom. The van der Waals surface area contributed by atoms with Crippen LogP contribution in [-0.4, -0.2) is 111 Å². The van der Waals surface area contributed by atoms with Gasteiger partial charge in [0.15, 0.2) is 0 Å². The van der Waals surface area contributed by atoms with Crippen molar-refractivity contribution in [3.8, 4) is 0 Å². The Labute approximate surface area is 293 Å². The van der Waals surface area contributed by atoms with Crippen LogP contribution in [0.1, 0.15) is 68.7 Å². The quantitative estimate of drug-likeness (QED) is 0.0585. The number of carbonyl (C=O) groups is 9. The molecular weight excluding hydrogens is 656 g/mol. The fourth-order valence-electron chi connectivity index (χ4n) is 4.32. The molecule has 5 atom stereocenters. The van der Waals surface area contributed by atoms with Crippen LogP contribution in [0.5, 0.6) is 0 Å². The van der Waals surface area contributed by atoms with Gasteiger partial charge in [-0.2, -0.15) is 0 Å². The number of hydrogen-bond acceptors (Lipinski definition) is 10. The molecule has 0 aromatic carbocycles. The van der Waals surface area contributed by atoms with E-state index in [-0.39, 0.29) is 30.8 Å². The zero-order valence-corrected chi connectivity index (χ0v) is 30.7. The maximum Gasteiger partial charge on any atom is 0.325 e. The van der Waals surface area contributed by atoms with Crippen LogP contribution >= 0.6 is 0 Å². The van der Waals surface area contributed by atoms with E-state index >= 15 is 0 Å². The number of nitrogens with one attached hydrogen (secondary N) is 8. The molecular formula is C32H56N8O10. The van der Waals surface area contributed by atoms with E-state index in [1.807, 2.05) is 0 Å². The van der Waals surface area contributed by atoms with Crippen molar-refractivity contribution in [1.82, 2.24) is 42.5 Å². The van der Waals surface area contributed by atoms with Gasteiger partial charge in [-0.1, -0.05) is 61.8 Å². The van der Waals surface area contributed by atoms with Gasteiger partial charge in [0.25, 0.3) is 0 Å². The molecule has 50 heavy (non-hydrogen) atoms. The van der Waals surface area contributed by atoms with Crippen molar-refractivity contribution < 1.29 is 47.9 Å². The second-order valence-corrected chi connectivity index (χ2v) is 12.9. The molecule has 0 saturated carbocycles. The lowest BCUT2D eigenvalue weighted by Gasteiger charge is -2.28. The number of rotatable bonds is 21. The smallest absolute Gasteiger partial charge is 0.325 e. The Hall–Kier alpha value is -4.77. The highest BCUT2D eigenvalue weighted by Gasteiger charge is 2.32. The summed E-state index contributed by atoms with van der Waals surface area (Å²) in [6.07, 6.45) is 0.476. The summed E-state index contributed by atoms with van der Waals surface area (Å²) in [5.41, 5.74) is 0. The first-order valence-electron chi connectivity index (χ1n) is 16.6. The summed E-state index contributed by atoms with van der Waals surface area (Å²) in [7, 11) is 1.17. The number of carbonyl (C=O) groups excluding carboxylic acids is 9. The molecule has 0 saturated heterocycles. The summed E-state index contributed by atoms with van der Waals surface area (Å²) in [5, 5.41) is 19.9. The number of esters is 1. The minimum atomic E-state index is -1.10. The lowest BCUT2D eigenvalue weighted by Crippen LogP contribution is -2.59. The van der Waals surface area contributed by atoms with E-state index in [9.17, 15) is 43.2 Å². The van der Waals surface area contributed by atoms with Crippen LogP contribution in [0.15, 0.2) is 0 Å². The molecule has 0 heterocycles. The van der Waals surface area contributed by atoms with Gasteiger partial charge in [-0.25, -0.2) is 0 Å². The van der Waals surface area contributed by atoms with Crippen LogP contribution in [0.3, 0.4) is 0 Å². The maximum atomic E-state index is 13.4. The molecule has 0 bridgehead atoms. The van der Waals surface area contributed by atoms with Crippen molar-refractivity contribution >= 4 is 53.2 Å². The van der Waals surface area contributed by atoms with Crippen LogP contribution in [-0.2, 0) is 47.9 Å². The molecule has 0 radical (unpaired) electrons. The summed E-state index contributed by atoms with van der Waals surface area (Å²) in [4.78, 5) is 112. The number of ether oxygens (including phenoxy) is 1. The highest BCUT2D eigenvalue weighted by Crippen LogP contribution is 2.11. The molecule has 0 rings (SSSR count). The van der Waals surface area contributed by atoms with Gasteiger partial charge >= 0.3 is 5.97 Å². The van der Waals surface area contributed by atoms with Crippen LogP contribution in [0.25, 0.3) is 0 Å². The average Bonchev–Trinajstić information content (AvgIpc) is 3.05. The topological polar surface area (TPSA) is 259 Å². The zero-order valence-electron chi connectivity index (χ0n) is 30.7. The molecule has 0 fully saturated rings. The molecule has 18 nitrogen and oxygen atoms in total. The van der Waals surface area contributed by atoms with E-state index in [4.69, 9.17) is 0 Å². The second-order valence-electron chi connectivity index (χ2n) is 12.9. The molecule has 0 spiro atoms. The highest BCUT2D eigenvalue weighted by molar-refractivity contribution is 5.96. The van der Waals surface area contributed by atoms with Gasteiger partial charge in [0.1, 0.15) is 30.7 Å². The molecule has 0 aliphatic carbocycles. The summed E-state index contributed by atoms with van der Waals surface area (Å²) in [6, 6.07) is -4.18. The summed E-state index contributed by atoms with van der Waals surface area (Å²) >= 11 is 0. The predicted molar refractivity (Wildman–Crippen MR) is 181 cm³/mol. The first kappa shape index (κ1) is 45.2. The highest BCUT2D eigenvalue weighted by atomic mass is 16.5. The zero-order chi connectivity index (χ0) is 38.7. The van der Waals surface area contributed by atoms with Crippen LogP contribution in [0.2, 0.25) is 0 Å². The standard InChI is InChI=1S/C32H56N8O10/c1-11-19(8)28(31(48)35-14-22(43)38-26(17(4)5)30(47)36-15-24(45)50-10)40-32(49)27(18(6)7)39-23(44)13-34-29(46)25(16(2)3)37-21(42)12-33-20(9)41/h16-19,25-28H,11-15H2,1-10H3,(H,33,41)(H,34,46)(H,35,48)(H,36,47)(H,37,42)(H,38,43)(H,39,44)(H,40,49)/t19-,25-,26-,27-,28-/m0/s1. The van der Waals surface area contributed by atoms with Crippen LogP contribution in [0, 0.1) is 23.7 Å². The Morgan fingerprint density at radius 2 is 0.820 bits per heavy atom. The minimum Gasteiger partial charge on any atom is -0.468 e. The van der Waals surface area contributed by atoms with Crippen molar-refractivity contribution in [2.45, 2.75) is 92.9 Å². The Bertz CT molecular complexity index is 1220. The summed E-state index contributed by atoms with van der Waals surface area (Å²) < 4.78 is 4.49. The minimum absolute atomic E-state index is 0.322. The van der Waals surface area contributed by atoms with Crippen LogP contribution < -0.4 is 42.5 Å². The fourth-order valence-corrected chi connectivity index (χ4v) is 4.32. The molecule has 284 valence electrons. The normalized spacial score (nSPS) is 13.9. The summed E-state index contributed by atoms with van der Waals surface area (Å²) in [5.74, 6) is -7.15. The van der Waals surface area contributed by atoms with Gasteiger partial charge in [-0.3, -0.25) is 43.2 Å². The largest absolute Gasteiger partial charge is 0.468 e. The first-order chi connectivity index (χ1) is 23.2. The van der Waals surface area contributed by atoms with Crippen molar-refractivity contribution in [1.29, 1.82) is 0 Å². The molecule has 0 aliphatic rings. The maximum absolute atomic E-state index is 13.4. The molecule has 0 unspecified atom stereocenters. The van der Waals surface area contributed by atoms with Gasteiger partial charge in [0.05, 0.1) is 26.7 Å². The Morgan fingerprint density at radius 3 is 1.16 bits per heavy atom. The third-order valence-electron chi connectivity index (χ3n) is 7.57. The predicted octanol–water partition coefficient (Wildman–Crippen LogP) is -2.40. The molecule has 8 amide bonds.